The van der Waals surface area contributed by atoms with E-state index in [4.69, 9.17) is 5.73 Å². The monoisotopic (exact) mass is 351 g/mol. The zero-order valence-corrected chi connectivity index (χ0v) is 13.0. The number of anilines is 1. The van der Waals surface area contributed by atoms with Crippen molar-refractivity contribution >= 4 is 33.1 Å². The standard InChI is InChI=1S/C14H11BrFN3S/c1-19-14(17)12(11-3-2-6-20-11)13(18-19)9-5-4-8(15)7-10(9)16/h2-7H,17H2,1H3. The van der Waals surface area contributed by atoms with Crippen molar-refractivity contribution in [2.75, 3.05) is 5.73 Å². The number of halogens is 2. The summed E-state index contributed by atoms with van der Waals surface area (Å²) in [5.74, 6) is 0.208. The SMILES string of the molecule is Cn1nc(-c2ccc(Br)cc2F)c(-c2cccs2)c1N. The number of benzene rings is 1. The van der Waals surface area contributed by atoms with Gasteiger partial charge in [0.1, 0.15) is 17.3 Å². The molecule has 0 unspecified atom stereocenters. The second kappa shape index (κ2) is 5.03. The van der Waals surface area contributed by atoms with Gasteiger partial charge in [0.05, 0.1) is 5.56 Å². The van der Waals surface area contributed by atoms with Gasteiger partial charge in [-0.1, -0.05) is 22.0 Å². The highest BCUT2D eigenvalue weighted by Gasteiger charge is 2.20. The van der Waals surface area contributed by atoms with Gasteiger partial charge in [-0.05, 0) is 29.6 Å². The van der Waals surface area contributed by atoms with Crippen LogP contribution in [0.5, 0.6) is 0 Å². The lowest BCUT2D eigenvalue weighted by Crippen LogP contribution is -1.97. The topological polar surface area (TPSA) is 43.8 Å². The van der Waals surface area contributed by atoms with Crippen LogP contribution in [0.25, 0.3) is 21.7 Å². The first-order valence-corrected chi connectivity index (χ1v) is 7.57. The van der Waals surface area contributed by atoms with Gasteiger partial charge in [-0.2, -0.15) is 5.10 Å². The van der Waals surface area contributed by atoms with Gasteiger partial charge in [0.2, 0.25) is 0 Å². The van der Waals surface area contributed by atoms with Gasteiger partial charge >= 0.3 is 0 Å². The largest absolute Gasteiger partial charge is 0.383 e. The molecule has 0 amide bonds. The van der Waals surface area contributed by atoms with Gasteiger partial charge in [0.25, 0.3) is 0 Å². The van der Waals surface area contributed by atoms with Crippen LogP contribution >= 0.6 is 27.3 Å². The molecule has 6 heteroatoms. The molecule has 0 radical (unpaired) electrons. The molecular formula is C14H11BrFN3S. The third-order valence-corrected chi connectivity index (χ3v) is 4.43. The summed E-state index contributed by atoms with van der Waals surface area (Å²) in [7, 11) is 1.76. The summed E-state index contributed by atoms with van der Waals surface area (Å²) >= 11 is 4.81. The molecule has 3 rings (SSSR count). The van der Waals surface area contributed by atoms with Crippen molar-refractivity contribution in [3.8, 4) is 21.7 Å². The molecule has 0 aliphatic carbocycles. The maximum absolute atomic E-state index is 14.2. The van der Waals surface area contributed by atoms with E-state index in [1.807, 2.05) is 17.5 Å². The van der Waals surface area contributed by atoms with Gasteiger partial charge < -0.3 is 5.73 Å². The molecular weight excluding hydrogens is 341 g/mol. The zero-order chi connectivity index (χ0) is 14.3. The molecule has 0 saturated heterocycles. The van der Waals surface area contributed by atoms with E-state index in [0.717, 1.165) is 10.4 Å². The first-order chi connectivity index (χ1) is 9.58. The smallest absolute Gasteiger partial charge is 0.133 e. The minimum absolute atomic E-state index is 0.324. The average molecular weight is 352 g/mol. The molecule has 0 spiro atoms. The molecule has 2 heterocycles. The normalized spacial score (nSPS) is 10.9. The van der Waals surface area contributed by atoms with Crippen molar-refractivity contribution < 1.29 is 4.39 Å². The Kier molecular flexibility index (Phi) is 3.35. The molecule has 0 aliphatic heterocycles. The molecule has 0 saturated carbocycles. The molecule has 0 aliphatic rings. The van der Waals surface area contributed by atoms with Gasteiger partial charge in [-0.15, -0.1) is 11.3 Å². The summed E-state index contributed by atoms with van der Waals surface area (Å²) in [6.45, 7) is 0. The predicted molar refractivity (Wildman–Crippen MR) is 84.0 cm³/mol. The Morgan fingerprint density at radius 2 is 2.15 bits per heavy atom. The maximum Gasteiger partial charge on any atom is 0.133 e. The number of hydrogen-bond acceptors (Lipinski definition) is 3. The molecule has 2 aromatic heterocycles. The van der Waals surface area contributed by atoms with Crippen LogP contribution in [-0.2, 0) is 7.05 Å². The Labute approximate surface area is 128 Å². The Hall–Kier alpha value is -1.66. The van der Waals surface area contributed by atoms with Crippen LogP contribution in [0.3, 0.4) is 0 Å². The quantitative estimate of drug-likeness (QED) is 0.747. The van der Waals surface area contributed by atoms with Gasteiger partial charge in [0.15, 0.2) is 0 Å². The Morgan fingerprint density at radius 3 is 2.80 bits per heavy atom. The molecule has 2 N–H and O–H groups in total. The van der Waals surface area contributed by atoms with Crippen molar-refractivity contribution in [2.45, 2.75) is 0 Å². The van der Waals surface area contributed by atoms with Crippen molar-refractivity contribution in [2.24, 2.45) is 7.05 Å². The van der Waals surface area contributed by atoms with Gasteiger partial charge in [0, 0.05) is 22.0 Å². The number of hydrogen-bond donors (Lipinski definition) is 1. The summed E-state index contributed by atoms with van der Waals surface area (Å²) in [6.07, 6.45) is 0. The lowest BCUT2D eigenvalue weighted by molar-refractivity contribution is 0.629. The van der Waals surface area contributed by atoms with E-state index in [0.29, 0.717) is 21.5 Å². The highest BCUT2D eigenvalue weighted by molar-refractivity contribution is 9.10. The number of aryl methyl sites for hydroxylation is 1. The molecule has 3 aromatic rings. The molecule has 102 valence electrons. The Balaban J connectivity index is 2.27. The van der Waals surface area contributed by atoms with E-state index < -0.39 is 0 Å². The van der Waals surface area contributed by atoms with Crippen LogP contribution in [0.4, 0.5) is 10.2 Å². The number of nitrogens with two attached hydrogens (primary N) is 1. The fourth-order valence-electron chi connectivity index (χ4n) is 2.07. The summed E-state index contributed by atoms with van der Waals surface area (Å²) in [5, 5.41) is 6.33. The number of nitrogens with zero attached hydrogens (tertiary/aromatic N) is 2. The molecule has 3 nitrogen and oxygen atoms in total. The third-order valence-electron chi connectivity index (χ3n) is 3.05. The number of aromatic nitrogens is 2. The van der Waals surface area contributed by atoms with Crippen molar-refractivity contribution in [1.82, 2.24) is 9.78 Å². The number of thiophene rings is 1. The minimum atomic E-state index is -0.324. The summed E-state index contributed by atoms with van der Waals surface area (Å²) < 4.78 is 16.5. The molecule has 0 atom stereocenters. The molecule has 0 bridgehead atoms. The molecule has 1 aromatic carbocycles. The van der Waals surface area contributed by atoms with Crippen molar-refractivity contribution in [3.05, 3.63) is 46.0 Å². The van der Waals surface area contributed by atoms with E-state index in [2.05, 4.69) is 21.0 Å². The highest BCUT2D eigenvalue weighted by Crippen LogP contribution is 2.39. The van der Waals surface area contributed by atoms with E-state index >= 15 is 0 Å². The predicted octanol–water partition coefficient (Wildman–Crippen LogP) is 4.30. The zero-order valence-electron chi connectivity index (χ0n) is 10.6. The van der Waals surface area contributed by atoms with Crippen LogP contribution in [0.2, 0.25) is 0 Å². The van der Waals surface area contributed by atoms with E-state index in [9.17, 15) is 4.39 Å². The maximum atomic E-state index is 14.2. The van der Waals surface area contributed by atoms with E-state index in [-0.39, 0.29) is 5.82 Å². The molecule has 20 heavy (non-hydrogen) atoms. The van der Waals surface area contributed by atoms with Crippen molar-refractivity contribution in [1.29, 1.82) is 0 Å². The third kappa shape index (κ3) is 2.14. The van der Waals surface area contributed by atoms with Crippen LogP contribution < -0.4 is 5.73 Å². The highest BCUT2D eigenvalue weighted by atomic mass is 79.9. The summed E-state index contributed by atoms with van der Waals surface area (Å²) in [5.41, 5.74) is 7.88. The average Bonchev–Trinajstić information content (AvgIpc) is 2.99. The van der Waals surface area contributed by atoms with Gasteiger partial charge in [-0.3, -0.25) is 4.68 Å². The van der Waals surface area contributed by atoms with E-state index in [1.54, 1.807) is 35.2 Å². The Morgan fingerprint density at radius 1 is 1.35 bits per heavy atom. The fourth-order valence-corrected chi connectivity index (χ4v) is 3.18. The lowest BCUT2D eigenvalue weighted by atomic mass is 10.1. The molecule has 0 fully saturated rings. The van der Waals surface area contributed by atoms with Crippen LogP contribution in [0, 0.1) is 5.82 Å². The van der Waals surface area contributed by atoms with Crippen LogP contribution in [-0.4, -0.2) is 9.78 Å². The number of nitrogen functional groups attached to an aromatic ring is 1. The van der Waals surface area contributed by atoms with Crippen LogP contribution in [0.1, 0.15) is 0 Å². The summed E-state index contributed by atoms with van der Waals surface area (Å²) in [6, 6.07) is 8.82. The fraction of sp³-hybridized carbons (Fsp3) is 0.0714. The van der Waals surface area contributed by atoms with E-state index in [1.165, 1.54) is 6.07 Å². The minimum Gasteiger partial charge on any atom is -0.383 e. The number of rotatable bonds is 2. The Bertz CT molecular complexity index is 765. The second-order valence-electron chi connectivity index (χ2n) is 4.33. The second-order valence-corrected chi connectivity index (χ2v) is 6.20. The lowest BCUT2D eigenvalue weighted by Gasteiger charge is -2.03. The van der Waals surface area contributed by atoms with Crippen LogP contribution in [0.15, 0.2) is 40.2 Å². The van der Waals surface area contributed by atoms with Crippen molar-refractivity contribution in [3.63, 3.8) is 0 Å². The first-order valence-electron chi connectivity index (χ1n) is 5.89. The first kappa shape index (κ1) is 13.3. The summed E-state index contributed by atoms with van der Waals surface area (Å²) in [4.78, 5) is 0.980. The van der Waals surface area contributed by atoms with Gasteiger partial charge in [-0.25, -0.2) is 4.39 Å².